The van der Waals surface area contributed by atoms with Crippen LogP contribution in [-0.4, -0.2) is 10.7 Å². The van der Waals surface area contributed by atoms with Gasteiger partial charge in [-0.25, -0.2) is 0 Å². The van der Waals surface area contributed by atoms with Crippen LogP contribution in [0.1, 0.15) is 43.3 Å². The van der Waals surface area contributed by atoms with Crippen molar-refractivity contribution in [2.24, 2.45) is 4.99 Å². The van der Waals surface area contributed by atoms with Gasteiger partial charge in [-0.3, -0.25) is 4.99 Å². The van der Waals surface area contributed by atoms with Gasteiger partial charge in [0.15, 0.2) is 0 Å². The second-order valence-electron chi connectivity index (χ2n) is 5.27. The van der Waals surface area contributed by atoms with Crippen LogP contribution in [0.4, 0.5) is 0 Å². The van der Waals surface area contributed by atoms with Crippen molar-refractivity contribution in [3.63, 3.8) is 0 Å². The van der Waals surface area contributed by atoms with Crippen LogP contribution < -0.4 is 0 Å². The molecule has 0 unspecified atom stereocenters. The minimum absolute atomic E-state index is 1.07. The van der Waals surface area contributed by atoms with E-state index in [1.54, 1.807) is 0 Å². The normalized spacial score (nSPS) is 18.0. The maximum absolute atomic E-state index is 4.57. The van der Waals surface area contributed by atoms with Gasteiger partial charge in [0, 0.05) is 17.1 Å². The maximum Gasteiger partial charge on any atom is 0.0665 e. The van der Waals surface area contributed by atoms with Gasteiger partial charge in [0.1, 0.15) is 0 Å². The quantitative estimate of drug-likeness (QED) is 0.796. The third-order valence-electron chi connectivity index (χ3n) is 4.15. The Labute approximate surface area is 115 Å². The lowest BCUT2D eigenvalue weighted by molar-refractivity contribution is 1.22. The van der Waals surface area contributed by atoms with E-state index in [-0.39, 0.29) is 0 Å². The van der Waals surface area contributed by atoms with Crippen molar-refractivity contribution in [1.29, 1.82) is 0 Å². The smallest absolute Gasteiger partial charge is 0.0665 e. The molecule has 0 atom stereocenters. The van der Waals surface area contributed by atoms with E-state index < -0.39 is 0 Å². The van der Waals surface area contributed by atoms with Crippen molar-refractivity contribution in [1.82, 2.24) is 4.98 Å². The van der Waals surface area contributed by atoms with E-state index in [9.17, 15) is 0 Å². The molecule has 0 bridgehead atoms. The fraction of sp³-hybridized carbons (Fsp3) is 0.353. The largest absolute Gasteiger partial charge is 0.359 e. The molecule has 2 heteroatoms. The Balaban J connectivity index is 2.24. The number of nitrogens with zero attached hydrogens (tertiary/aromatic N) is 1. The molecule has 0 aromatic carbocycles. The molecule has 0 spiro atoms. The summed E-state index contributed by atoms with van der Waals surface area (Å²) in [6, 6.07) is 0. The highest BCUT2D eigenvalue weighted by molar-refractivity contribution is 6.02. The molecule has 2 heterocycles. The van der Waals surface area contributed by atoms with E-state index in [0.717, 1.165) is 11.4 Å². The summed E-state index contributed by atoms with van der Waals surface area (Å²) in [6.07, 6.45) is 6.28. The van der Waals surface area contributed by atoms with E-state index >= 15 is 0 Å². The first kappa shape index (κ1) is 13.6. The Kier molecular flexibility index (Phi) is 3.61. The molecule has 1 N–H and O–H groups in total. The molecule has 1 aliphatic heterocycles. The van der Waals surface area contributed by atoms with E-state index in [1.807, 2.05) is 0 Å². The van der Waals surface area contributed by atoms with Crippen molar-refractivity contribution in [3.8, 4) is 0 Å². The third kappa shape index (κ3) is 2.48. The number of aromatic amines is 1. The molecule has 0 fully saturated rings. The molecular formula is C17H22N2. The minimum Gasteiger partial charge on any atom is -0.359 e. The molecule has 0 saturated heterocycles. The molecule has 0 amide bonds. The van der Waals surface area contributed by atoms with Crippen molar-refractivity contribution in [3.05, 3.63) is 51.5 Å². The fourth-order valence-corrected chi connectivity index (χ4v) is 2.25. The van der Waals surface area contributed by atoms with Gasteiger partial charge < -0.3 is 4.98 Å². The lowest BCUT2D eigenvalue weighted by Crippen LogP contribution is -1.86. The predicted molar refractivity (Wildman–Crippen MR) is 83.6 cm³/mol. The third-order valence-corrected chi connectivity index (χ3v) is 4.15. The number of H-pyrrole nitrogens is 1. The zero-order valence-electron chi connectivity index (χ0n) is 12.7. The number of aliphatic imine (C=N–C) groups is 1. The average Bonchev–Trinajstić information content (AvgIpc) is 2.76. The molecule has 19 heavy (non-hydrogen) atoms. The van der Waals surface area contributed by atoms with Gasteiger partial charge in [-0.15, -0.1) is 0 Å². The molecule has 1 aromatic heterocycles. The van der Waals surface area contributed by atoms with Gasteiger partial charge in [-0.2, -0.15) is 0 Å². The molecule has 0 saturated carbocycles. The standard InChI is InChI=1S/C17H22N2/c1-10-12(3)16(18-14(10)5)8-7-9-17-13(4)11(2)15(6)19-17/h7-9,18H,1-6H3/b8-7+,17-9+. The highest BCUT2D eigenvalue weighted by Gasteiger charge is 2.12. The number of rotatable bonds is 2. The minimum atomic E-state index is 1.07. The molecule has 2 nitrogen and oxygen atoms in total. The summed E-state index contributed by atoms with van der Waals surface area (Å²) in [4.78, 5) is 7.97. The van der Waals surface area contributed by atoms with Crippen molar-refractivity contribution in [2.75, 3.05) is 0 Å². The molecular weight excluding hydrogens is 232 g/mol. The Morgan fingerprint density at radius 1 is 0.895 bits per heavy atom. The van der Waals surface area contributed by atoms with Crippen LogP contribution >= 0.6 is 0 Å². The van der Waals surface area contributed by atoms with E-state index in [1.165, 1.54) is 33.7 Å². The number of aromatic nitrogens is 1. The van der Waals surface area contributed by atoms with Crippen LogP contribution in [0.3, 0.4) is 0 Å². The molecule has 0 aliphatic carbocycles. The second-order valence-corrected chi connectivity index (χ2v) is 5.27. The van der Waals surface area contributed by atoms with Crippen LogP contribution in [-0.2, 0) is 0 Å². The summed E-state index contributed by atoms with van der Waals surface area (Å²) in [5.74, 6) is 0. The first-order valence-corrected chi connectivity index (χ1v) is 6.69. The van der Waals surface area contributed by atoms with Crippen molar-refractivity contribution >= 4 is 11.8 Å². The lowest BCUT2D eigenvalue weighted by atomic mass is 10.1. The zero-order chi connectivity index (χ0) is 14.2. The van der Waals surface area contributed by atoms with Crippen molar-refractivity contribution < 1.29 is 0 Å². The van der Waals surface area contributed by atoms with Gasteiger partial charge in [-0.1, -0.05) is 6.08 Å². The van der Waals surface area contributed by atoms with Crippen LogP contribution in [0.15, 0.2) is 34.0 Å². The average molecular weight is 254 g/mol. The summed E-state index contributed by atoms with van der Waals surface area (Å²) in [7, 11) is 0. The first-order valence-electron chi connectivity index (χ1n) is 6.69. The number of hydrogen-bond acceptors (Lipinski definition) is 1. The Morgan fingerprint density at radius 3 is 2.05 bits per heavy atom. The van der Waals surface area contributed by atoms with Gasteiger partial charge in [0.25, 0.3) is 0 Å². The Bertz CT molecular complexity index is 634. The molecule has 1 aromatic rings. The highest BCUT2D eigenvalue weighted by atomic mass is 14.8. The molecule has 0 radical (unpaired) electrons. The van der Waals surface area contributed by atoms with Gasteiger partial charge >= 0.3 is 0 Å². The number of nitrogens with one attached hydrogen (secondary N) is 1. The van der Waals surface area contributed by atoms with Crippen LogP contribution in [0.2, 0.25) is 0 Å². The van der Waals surface area contributed by atoms with Crippen LogP contribution in [0.25, 0.3) is 6.08 Å². The predicted octanol–water partition coefficient (Wildman–Crippen LogP) is 4.65. The lowest BCUT2D eigenvalue weighted by Gasteiger charge is -1.95. The zero-order valence-corrected chi connectivity index (χ0v) is 12.7. The Hall–Kier alpha value is -1.83. The van der Waals surface area contributed by atoms with Crippen LogP contribution in [0, 0.1) is 20.8 Å². The Morgan fingerprint density at radius 2 is 1.58 bits per heavy atom. The monoisotopic (exact) mass is 254 g/mol. The second kappa shape index (κ2) is 5.04. The summed E-state index contributed by atoms with van der Waals surface area (Å²) < 4.78 is 0. The highest BCUT2D eigenvalue weighted by Crippen LogP contribution is 2.24. The maximum atomic E-state index is 4.57. The molecule has 2 rings (SSSR count). The molecule has 1 aliphatic rings. The van der Waals surface area contributed by atoms with Gasteiger partial charge in [0.05, 0.1) is 5.70 Å². The van der Waals surface area contributed by atoms with E-state index in [4.69, 9.17) is 0 Å². The van der Waals surface area contributed by atoms with Crippen molar-refractivity contribution in [2.45, 2.75) is 41.5 Å². The van der Waals surface area contributed by atoms with E-state index in [0.29, 0.717) is 0 Å². The van der Waals surface area contributed by atoms with Gasteiger partial charge in [0.2, 0.25) is 0 Å². The summed E-state index contributed by atoms with van der Waals surface area (Å²) in [5.41, 5.74) is 9.86. The summed E-state index contributed by atoms with van der Waals surface area (Å²) >= 11 is 0. The number of allylic oxidation sites excluding steroid dienone is 4. The number of aryl methyl sites for hydroxylation is 1. The topological polar surface area (TPSA) is 28.1 Å². The number of hydrogen-bond donors (Lipinski definition) is 1. The molecule has 100 valence electrons. The van der Waals surface area contributed by atoms with Gasteiger partial charge in [-0.05, 0) is 76.0 Å². The van der Waals surface area contributed by atoms with Crippen LogP contribution in [0.5, 0.6) is 0 Å². The summed E-state index contributed by atoms with van der Waals surface area (Å²) in [5, 5.41) is 0. The SMILES string of the molecule is CC1=N/C(=C/C=C/c2[nH]c(C)c(C)c2C)C(C)=C1C. The summed E-state index contributed by atoms with van der Waals surface area (Å²) in [6.45, 7) is 12.7. The fourth-order valence-electron chi connectivity index (χ4n) is 2.25. The van der Waals surface area contributed by atoms with E-state index in [2.05, 4.69) is 69.7 Å². The first-order chi connectivity index (χ1) is 8.91.